The van der Waals surface area contributed by atoms with E-state index >= 15 is 0 Å². The maximum Gasteiger partial charge on any atom is 0.248 e. The fourth-order valence-electron chi connectivity index (χ4n) is 3.30. The number of carbonyl (C=O) groups excluding carboxylic acids is 2. The highest BCUT2D eigenvalue weighted by molar-refractivity contribution is 7.97. The molecule has 2 amide bonds. The molecule has 1 saturated carbocycles. The van der Waals surface area contributed by atoms with E-state index in [9.17, 15) is 9.59 Å². The Morgan fingerprint density at radius 1 is 1.18 bits per heavy atom. The lowest BCUT2D eigenvalue weighted by Crippen LogP contribution is -2.45. The minimum Gasteiger partial charge on any atom is -0.367 e. The van der Waals surface area contributed by atoms with Gasteiger partial charge in [0.05, 0.1) is 5.52 Å². The van der Waals surface area contributed by atoms with Gasteiger partial charge in [-0.3, -0.25) is 14.3 Å². The summed E-state index contributed by atoms with van der Waals surface area (Å²) < 4.78 is 3.55. The molecule has 2 aromatic rings. The average molecular weight is 471 g/mol. The Balaban J connectivity index is 0.000000709. The van der Waals surface area contributed by atoms with Crippen molar-refractivity contribution in [1.29, 1.82) is 0 Å². The lowest BCUT2D eigenvalue weighted by molar-refractivity contribution is -0.118. The number of rotatable bonds is 7. The fourth-order valence-corrected chi connectivity index (χ4v) is 4.21. The van der Waals surface area contributed by atoms with Crippen molar-refractivity contribution in [1.82, 2.24) is 19.5 Å². The maximum absolute atomic E-state index is 11.7. The van der Waals surface area contributed by atoms with Crippen molar-refractivity contribution in [3.05, 3.63) is 36.9 Å². The van der Waals surface area contributed by atoms with E-state index < -0.39 is 0 Å². The van der Waals surface area contributed by atoms with Gasteiger partial charge in [0.25, 0.3) is 0 Å². The topological polar surface area (TPSA) is 80.8 Å². The number of hydrogen-bond donors (Lipinski definition) is 2. The van der Waals surface area contributed by atoms with Crippen LogP contribution in [0.15, 0.2) is 41.8 Å². The smallest absolute Gasteiger partial charge is 0.248 e. The number of carbonyl (C=O) groups is 2. The molecule has 0 unspecified atom stereocenters. The molecule has 1 aromatic heterocycles. The molecular formula is C24H34N6O2S. The summed E-state index contributed by atoms with van der Waals surface area (Å²) in [7, 11) is 6.00. The molecule has 4 rings (SSSR count). The van der Waals surface area contributed by atoms with Crippen molar-refractivity contribution in [2.45, 2.75) is 30.2 Å². The summed E-state index contributed by atoms with van der Waals surface area (Å²) in [6.07, 6.45) is 4.52. The van der Waals surface area contributed by atoms with E-state index in [1.807, 2.05) is 44.2 Å². The Hall–Kier alpha value is -2.62. The molecule has 1 saturated heterocycles. The van der Waals surface area contributed by atoms with Gasteiger partial charge in [-0.2, -0.15) is 0 Å². The van der Waals surface area contributed by atoms with Crippen molar-refractivity contribution in [2.24, 2.45) is 0 Å². The standard InChI is InChI=1S/C21H25N5O2S.C3H9N/c1-3-20(28)23-19-5-4-16-17(22-19)12-15(29-24-21(2)6-7-21)13-18(16)26-10-8-25(14-27)9-11-26;1-4(2)3/h3-5,12-14,24H,1,6-11H2,2H3,(H,22,23,28);1-3H3. The number of aromatic nitrogens is 1. The molecule has 8 nitrogen and oxygen atoms in total. The molecule has 0 bridgehead atoms. The number of pyridine rings is 1. The van der Waals surface area contributed by atoms with Crippen LogP contribution in [0.4, 0.5) is 11.5 Å². The van der Waals surface area contributed by atoms with Crippen LogP contribution in [0.2, 0.25) is 0 Å². The fraction of sp³-hybridized carbons (Fsp3) is 0.458. The minimum absolute atomic E-state index is 0.211. The van der Waals surface area contributed by atoms with Crippen molar-refractivity contribution in [2.75, 3.05) is 57.5 Å². The molecule has 1 aromatic carbocycles. The van der Waals surface area contributed by atoms with E-state index in [-0.39, 0.29) is 11.4 Å². The van der Waals surface area contributed by atoms with Gasteiger partial charge in [0.2, 0.25) is 12.3 Å². The molecule has 2 fully saturated rings. The summed E-state index contributed by atoms with van der Waals surface area (Å²) in [6, 6.07) is 8.04. The number of benzene rings is 1. The van der Waals surface area contributed by atoms with Crippen LogP contribution in [0.1, 0.15) is 19.8 Å². The summed E-state index contributed by atoms with van der Waals surface area (Å²) >= 11 is 1.63. The number of amides is 2. The van der Waals surface area contributed by atoms with Crippen LogP contribution in [-0.4, -0.2) is 80.0 Å². The maximum atomic E-state index is 11.7. The Labute approximate surface area is 200 Å². The molecule has 178 valence electrons. The molecule has 9 heteroatoms. The Kier molecular flexibility index (Phi) is 8.34. The van der Waals surface area contributed by atoms with Gasteiger partial charge >= 0.3 is 0 Å². The molecule has 2 heterocycles. The van der Waals surface area contributed by atoms with Crippen molar-refractivity contribution in [3.63, 3.8) is 0 Å². The molecule has 2 aliphatic rings. The van der Waals surface area contributed by atoms with Crippen LogP contribution in [0, 0.1) is 0 Å². The highest BCUT2D eigenvalue weighted by atomic mass is 32.2. The molecule has 0 atom stereocenters. The molecule has 1 aliphatic carbocycles. The van der Waals surface area contributed by atoms with Gasteiger partial charge in [-0.1, -0.05) is 6.58 Å². The van der Waals surface area contributed by atoms with Crippen molar-refractivity contribution >= 4 is 46.7 Å². The monoisotopic (exact) mass is 470 g/mol. The highest BCUT2D eigenvalue weighted by Crippen LogP contribution is 2.39. The van der Waals surface area contributed by atoms with Crippen LogP contribution in [0.3, 0.4) is 0 Å². The summed E-state index contributed by atoms with van der Waals surface area (Å²) in [4.78, 5) is 34.5. The summed E-state index contributed by atoms with van der Waals surface area (Å²) in [5, 5.41) is 3.76. The number of piperazine rings is 1. The van der Waals surface area contributed by atoms with E-state index in [1.165, 1.54) is 18.9 Å². The largest absolute Gasteiger partial charge is 0.367 e. The summed E-state index contributed by atoms with van der Waals surface area (Å²) in [6.45, 7) is 8.69. The molecule has 0 spiro atoms. The third-order valence-electron chi connectivity index (χ3n) is 5.41. The average Bonchev–Trinajstić information content (AvgIpc) is 3.54. The van der Waals surface area contributed by atoms with Gasteiger partial charge in [-0.15, -0.1) is 0 Å². The van der Waals surface area contributed by atoms with E-state index in [4.69, 9.17) is 0 Å². The number of anilines is 2. The van der Waals surface area contributed by atoms with Crippen molar-refractivity contribution in [3.8, 4) is 0 Å². The third kappa shape index (κ3) is 7.18. The van der Waals surface area contributed by atoms with E-state index in [0.717, 1.165) is 41.0 Å². The van der Waals surface area contributed by atoms with Crippen LogP contribution in [0.25, 0.3) is 10.9 Å². The van der Waals surface area contributed by atoms with E-state index in [1.54, 1.807) is 16.8 Å². The first kappa shape index (κ1) is 25.0. The lowest BCUT2D eigenvalue weighted by atomic mass is 10.1. The zero-order valence-electron chi connectivity index (χ0n) is 19.9. The minimum atomic E-state index is -0.282. The molecule has 2 N–H and O–H groups in total. The zero-order valence-corrected chi connectivity index (χ0v) is 20.7. The summed E-state index contributed by atoms with van der Waals surface area (Å²) in [5.41, 5.74) is 2.14. The normalized spacial score (nSPS) is 16.8. The number of nitrogens with one attached hydrogen (secondary N) is 2. The van der Waals surface area contributed by atoms with Gasteiger partial charge in [0.15, 0.2) is 0 Å². The van der Waals surface area contributed by atoms with Gasteiger partial charge in [-0.05, 0) is 83.2 Å². The quantitative estimate of drug-likeness (QED) is 0.366. The van der Waals surface area contributed by atoms with Crippen LogP contribution in [-0.2, 0) is 9.59 Å². The Morgan fingerprint density at radius 3 is 2.42 bits per heavy atom. The van der Waals surface area contributed by atoms with E-state index in [2.05, 4.69) is 39.5 Å². The first-order chi connectivity index (χ1) is 15.7. The first-order valence-corrected chi connectivity index (χ1v) is 11.9. The molecule has 1 aliphatic heterocycles. The van der Waals surface area contributed by atoms with Crippen LogP contribution < -0.4 is 14.9 Å². The second kappa shape index (κ2) is 11.0. The SMILES string of the molecule is C=CC(=O)Nc1ccc2c(N3CCN(C=O)CC3)cc(SNC3(C)CC3)cc2n1.CN(C)C. The number of fused-ring (bicyclic) bond motifs is 1. The van der Waals surface area contributed by atoms with Gasteiger partial charge in [0.1, 0.15) is 5.82 Å². The number of hydrogen-bond acceptors (Lipinski definition) is 7. The Morgan fingerprint density at radius 2 is 1.85 bits per heavy atom. The third-order valence-corrected chi connectivity index (χ3v) is 6.48. The molecule has 33 heavy (non-hydrogen) atoms. The highest BCUT2D eigenvalue weighted by Gasteiger charge is 2.37. The first-order valence-electron chi connectivity index (χ1n) is 11.1. The molecular weight excluding hydrogens is 436 g/mol. The summed E-state index contributed by atoms with van der Waals surface area (Å²) in [5.74, 6) is 0.222. The van der Waals surface area contributed by atoms with E-state index in [0.29, 0.717) is 18.9 Å². The second-order valence-electron chi connectivity index (χ2n) is 9.13. The predicted octanol–water partition coefficient (Wildman–Crippen LogP) is 2.96. The van der Waals surface area contributed by atoms with Crippen molar-refractivity contribution < 1.29 is 9.59 Å². The van der Waals surface area contributed by atoms with Crippen LogP contribution >= 0.6 is 11.9 Å². The molecule has 0 radical (unpaired) electrons. The second-order valence-corrected chi connectivity index (χ2v) is 10.0. The van der Waals surface area contributed by atoms with Gasteiger partial charge in [0, 0.05) is 47.7 Å². The van der Waals surface area contributed by atoms with Gasteiger partial charge < -0.3 is 20.0 Å². The Bertz CT molecular complexity index is 997. The number of nitrogens with zero attached hydrogens (tertiary/aromatic N) is 4. The lowest BCUT2D eigenvalue weighted by Gasteiger charge is -2.35. The predicted molar refractivity (Wildman–Crippen MR) is 137 cm³/mol. The van der Waals surface area contributed by atoms with Crippen LogP contribution in [0.5, 0.6) is 0 Å². The zero-order chi connectivity index (χ0) is 24.0. The van der Waals surface area contributed by atoms with Gasteiger partial charge in [-0.25, -0.2) is 4.98 Å².